The molecule has 2 N–H and O–H groups in total. The molecule has 0 aliphatic rings. The number of rotatable bonds is 4. The predicted octanol–water partition coefficient (Wildman–Crippen LogP) is 3.24. The Balaban J connectivity index is 0.000000791. The molecule has 0 saturated heterocycles. The molecule has 1 unspecified atom stereocenters. The van der Waals surface area contributed by atoms with Crippen molar-refractivity contribution in [1.82, 2.24) is 0 Å². The van der Waals surface area contributed by atoms with Crippen LogP contribution in [0.15, 0.2) is 30.3 Å². The first-order valence-corrected chi connectivity index (χ1v) is 5.60. The average Bonchev–Trinajstić information content (AvgIpc) is 2.30. The molecular formula is C13H23N. The summed E-state index contributed by atoms with van der Waals surface area (Å²) in [5.74, 6) is 0.646. The Bertz CT molecular complexity index is 202. The SMILES string of the molecule is CC.CCC(CN)Cc1ccccc1. The summed E-state index contributed by atoms with van der Waals surface area (Å²) in [4.78, 5) is 0. The lowest BCUT2D eigenvalue weighted by molar-refractivity contribution is 0.519. The van der Waals surface area contributed by atoms with Crippen LogP contribution in [0.4, 0.5) is 0 Å². The molecule has 80 valence electrons. The van der Waals surface area contributed by atoms with E-state index in [-0.39, 0.29) is 0 Å². The molecule has 1 rings (SSSR count). The summed E-state index contributed by atoms with van der Waals surface area (Å²) in [6.07, 6.45) is 2.29. The summed E-state index contributed by atoms with van der Waals surface area (Å²) in [6, 6.07) is 10.5. The highest BCUT2D eigenvalue weighted by Crippen LogP contribution is 2.10. The normalized spacial score (nSPS) is 11.4. The molecule has 1 atom stereocenters. The zero-order valence-corrected chi connectivity index (χ0v) is 9.66. The number of hydrogen-bond donors (Lipinski definition) is 1. The van der Waals surface area contributed by atoms with E-state index < -0.39 is 0 Å². The van der Waals surface area contributed by atoms with Gasteiger partial charge in [0.15, 0.2) is 0 Å². The maximum Gasteiger partial charge on any atom is -0.00458 e. The molecule has 0 fully saturated rings. The van der Waals surface area contributed by atoms with Gasteiger partial charge in [-0.15, -0.1) is 0 Å². The lowest BCUT2D eigenvalue weighted by Gasteiger charge is -2.11. The number of hydrogen-bond acceptors (Lipinski definition) is 1. The second kappa shape index (κ2) is 8.76. The van der Waals surface area contributed by atoms with Crippen LogP contribution in [0.25, 0.3) is 0 Å². The molecule has 0 amide bonds. The summed E-state index contributed by atoms with van der Waals surface area (Å²) in [7, 11) is 0. The first-order valence-electron chi connectivity index (χ1n) is 5.60. The topological polar surface area (TPSA) is 26.0 Å². The van der Waals surface area contributed by atoms with E-state index in [0.717, 1.165) is 13.0 Å². The minimum Gasteiger partial charge on any atom is -0.330 e. The summed E-state index contributed by atoms with van der Waals surface area (Å²) in [5, 5.41) is 0. The molecule has 0 aliphatic carbocycles. The minimum absolute atomic E-state index is 0.646. The zero-order valence-electron chi connectivity index (χ0n) is 9.66. The molecule has 1 aromatic carbocycles. The van der Waals surface area contributed by atoms with E-state index in [1.165, 1.54) is 12.0 Å². The zero-order chi connectivity index (χ0) is 10.8. The standard InChI is InChI=1S/C11H17N.C2H6/c1-2-10(9-12)8-11-6-4-3-5-7-11;1-2/h3-7,10H,2,8-9,12H2,1H3;1-2H3. The molecular weight excluding hydrogens is 170 g/mol. The van der Waals surface area contributed by atoms with Crippen molar-refractivity contribution in [3.8, 4) is 0 Å². The van der Waals surface area contributed by atoms with E-state index in [4.69, 9.17) is 5.73 Å². The van der Waals surface area contributed by atoms with Crippen LogP contribution >= 0.6 is 0 Å². The van der Waals surface area contributed by atoms with Crippen molar-refractivity contribution >= 4 is 0 Å². The van der Waals surface area contributed by atoms with Crippen molar-refractivity contribution < 1.29 is 0 Å². The summed E-state index contributed by atoms with van der Waals surface area (Å²) < 4.78 is 0. The molecule has 0 aromatic heterocycles. The van der Waals surface area contributed by atoms with Gasteiger partial charge in [-0.1, -0.05) is 57.5 Å². The Morgan fingerprint density at radius 1 is 1.14 bits per heavy atom. The highest BCUT2D eigenvalue weighted by Gasteiger charge is 2.03. The molecule has 0 spiro atoms. The van der Waals surface area contributed by atoms with Crippen LogP contribution in [0.1, 0.15) is 32.8 Å². The van der Waals surface area contributed by atoms with Gasteiger partial charge in [0.25, 0.3) is 0 Å². The molecule has 1 aromatic rings. The summed E-state index contributed by atoms with van der Waals surface area (Å²) in [6.45, 7) is 6.99. The molecule has 0 heterocycles. The van der Waals surface area contributed by atoms with Gasteiger partial charge in [0.05, 0.1) is 0 Å². The molecule has 0 aliphatic heterocycles. The number of benzene rings is 1. The van der Waals surface area contributed by atoms with Crippen LogP contribution in [-0.4, -0.2) is 6.54 Å². The minimum atomic E-state index is 0.646. The van der Waals surface area contributed by atoms with Gasteiger partial charge in [-0.05, 0) is 24.4 Å². The van der Waals surface area contributed by atoms with E-state index in [1.54, 1.807) is 0 Å². The van der Waals surface area contributed by atoms with Crippen molar-refractivity contribution in [1.29, 1.82) is 0 Å². The fourth-order valence-electron chi connectivity index (χ4n) is 1.34. The van der Waals surface area contributed by atoms with Gasteiger partial charge in [-0.2, -0.15) is 0 Å². The van der Waals surface area contributed by atoms with Gasteiger partial charge in [0.2, 0.25) is 0 Å². The third-order valence-corrected chi connectivity index (χ3v) is 2.28. The summed E-state index contributed by atoms with van der Waals surface area (Å²) in [5.41, 5.74) is 7.03. The Hall–Kier alpha value is -0.820. The maximum absolute atomic E-state index is 5.63. The van der Waals surface area contributed by atoms with Crippen molar-refractivity contribution in [2.75, 3.05) is 6.54 Å². The molecule has 0 radical (unpaired) electrons. The lowest BCUT2D eigenvalue weighted by atomic mass is 9.97. The van der Waals surface area contributed by atoms with Crippen LogP contribution in [0.3, 0.4) is 0 Å². The molecule has 1 heteroatoms. The fraction of sp³-hybridized carbons (Fsp3) is 0.538. The van der Waals surface area contributed by atoms with E-state index in [9.17, 15) is 0 Å². The van der Waals surface area contributed by atoms with Crippen molar-refractivity contribution in [3.05, 3.63) is 35.9 Å². The average molecular weight is 193 g/mol. The highest BCUT2D eigenvalue weighted by molar-refractivity contribution is 5.15. The quantitative estimate of drug-likeness (QED) is 0.780. The second-order valence-electron chi connectivity index (χ2n) is 3.20. The third-order valence-electron chi connectivity index (χ3n) is 2.28. The Kier molecular flexibility index (Phi) is 8.25. The van der Waals surface area contributed by atoms with Gasteiger partial charge in [-0.3, -0.25) is 0 Å². The van der Waals surface area contributed by atoms with E-state index in [2.05, 4.69) is 31.2 Å². The first kappa shape index (κ1) is 13.2. The smallest absolute Gasteiger partial charge is 0.00458 e. The Morgan fingerprint density at radius 2 is 1.71 bits per heavy atom. The van der Waals surface area contributed by atoms with Crippen LogP contribution in [0.5, 0.6) is 0 Å². The van der Waals surface area contributed by atoms with E-state index >= 15 is 0 Å². The van der Waals surface area contributed by atoms with Gasteiger partial charge in [0, 0.05) is 0 Å². The van der Waals surface area contributed by atoms with Crippen molar-refractivity contribution in [3.63, 3.8) is 0 Å². The molecule has 0 saturated carbocycles. The first-order chi connectivity index (χ1) is 6.86. The second-order valence-corrected chi connectivity index (χ2v) is 3.20. The van der Waals surface area contributed by atoms with Crippen LogP contribution in [0, 0.1) is 5.92 Å². The molecule has 1 nitrogen and oxygen atoms in total. The monoisotopic (exact) mass is 193 g/mol. The van der Waals surface area contributed by atoms with Gasteiger partial charge < -0.3 is 5.73 Å². The molecule has 0 bridgehead atoms. The third kappa shape index (κ3) is 5.03. The van der Waals surface area contributed by atoms with Gasteiger partial charge >= 0.3 is 0 Å². The van der Waals surface area contributed by atoms with Crippen LogP contribution < -0.4 is 5.73 Å². The van der Waals surface area contributed by atoms with E-state index in [1.807, 2.05) is 19.9 Å². The highest BCUT2D eigenvalue weighted by atomic mass is 14.5. The number of nitrogens with two attached hydrogens (primary N) is 1. The van der Waals surface area contributed by atoms with Gasteiger partial charge in [0.1, 0.15) is 0 Å². The van der Waals surface area contributed by atoms with Crippen molar-refractivity contribution in [2.45, 2.75) is 33.6 Å². The van der Waals surface area contributed by atoms with Crippen LogP contribution in [0.2, 0.25) is 0 Å². The fourth-order valence-corrected chi connectivity index (χ4v) is 1.34. The Labute approximate surface area is 88.3 Å². The largest absolute Gasteiger partial charge is 0.330 e. The maximum atomic E-state index is 5.63. The van der Waals surface area contributed by atoms with E-state index in [0.29, 0.717) is 5.92 Å². The lowest BCUT2D eigenvalue weighted by Crippen LogP contribution is -2.15. The summed E-state index contributed by atoms with van der Waals surface area (Å²) >= 11 is 0. The van der Waals surface area contributed by atoms with Crippen LogP contribution in [-0.2, 0) is 6.42 Å². The predicted molar refractivity (Wildman–Crippen MR) is 64.3 cm³/mol. The van der Waals surface area contributed by atoms with Crippen molar-refractivity contribution in [2.24, 2.45) is 11.7 Å². The van der Waals surface area contributed by atoms with Gasteiger partial charge in [-0.25, -0.2) is 0 Å². The molecule has 14 heavy (non-hydrogen) atoms. The Morgan fingerprint density at radius 3 is 2.14 bits per heavy atom.